The summed E-state index contributed by atoms with van der Waals surface area (Å²) in [6.07, 6.45) is 1.74. The van der Waals surface area contributed by atoms with Crippen molar-refractivity contribution in [3.63, 3.8) is 0 Å². The molecule has 20 heavy (non-hydrogen) atoms. The second-order valence-corrected chi connectivity index (χ2v) is 5.92. The van der Waals surface area contributed by atoms with Gasteiger partial charge in [0.15, 0.2) is 0 Å². The molecule has 0 unspecified atom stereocenters. The molecule has 1 heterocycles. The Bertz CT molecular complexity index is 583. The first-order chi connectivity index (χ1) is 9.63. The van der Waals surface area contributed by atoms with Gasteiger partial charge >= 0.3 is 5.97 Å². The highest BCUT2D eigenvalue weighted by Gasteiger charge is 2.63. The number of halogens is 1. The van der Waals surface area contributed by atoms with Crippen molar-refractivity contribution in [2.75, 3.05) is 5.32 Å². The summed E-state index contributed by atoms with van der Waals surface area (Å²) in [5, 5.41) is 2.79. The maximum atomic E-state index is 12.8. The lowest BCUT2D eigenvalue weighted by atomic mass is 9.79. The maximum absolute atomic E-state index is 12.8. The van der Waals surface area contributed by atoms with E-state index >= 15 is 0 Å². The lowest BCUT2D eigenvalue weighted by molar-refractivity contribution is -0.145. The van der Waals surface area contributed by atoms with Crippen molar-refractivity contribution in [1.82, 2.24) is 0 Å². The minimum atomic E-state index is -0.342. The van der Waals surface area contributed by atoms with Crippen molar-refractivity contribution in [1.29, 1.82) is 0 Å². The number of hydrogen-bond acceptors (Lipinski definition) is 3. The molecule has 2 bridgehead atoms. The average molecular weight is 275 g/mol. The fourth-order valence-corrected chi connectivity index (χ4v) is 4.12. The lowest BCUT2D eigenvalue weighted by Gasteiger charge is -2.23. The molecular formula is C15H14FNO3. The summed E-state index contributed by atoms with van der Waals surface area (Å²) in [5.41, 5.74) is 0.557. The van der Waals surface area contributed by atoms with Crippen LogP contribution in [-0.2, 0) is 14.3 Å². The Morgan fingerprint density at radius 3 is 2.75 bits per heavy atom. The molecule has 0 spiro atoms. The van der Waals surface area contributed by atoms with Gasteiger partial charge < -0.3 is 10.1 Å². The normalized spacial score (nSPS) is 37.0. The topological polar surface area (TPSA) is 55.4 Å². The quantitative estimate of drug-likeness (QED) is 0.839. The second kappa shape index (κ2) is 4.04. The summed E-state index contributed by atoms with van der Waals surface area (Å²) >= 11 is 0. The molecule has 0 aromatic heterocycles. The molecule has 1 aliphatic heterocycles. The maximum Gasteiger partial charge on any atom is 0.310 e. The highest BCUT2D eigenvalue weighted by molar-refractivity contribution is 5.96. The van der Waals surface area contributed by atoms with Gasteiger partial charge in [-0.25, -0.2) is 4.39 Å². The van der Waals surface area contributed by atoms with Gasteiger partial charge in [0.2, 0.25) is 5.91 Å². The molecule has 1 N–H and O–H groups in total. The van der Waals surface area contributed by atoms with Crippen LogP contribution < -0.4 is 5.32 Å². The first-order valence-corrected chi connectivity index (χ1v) is 6.90. The van der Waals surface area contributed by atoms with Gasteiger partial charge in [0.05, 0.1) is 11.8 Å². The van der Waals surface area contributed by atoms with E-state index in [0.717, 1.165) is 12.8 Å². The van der Waals surface area contributed by atoms with Gasteiger partial charge in [0, 0.05) is 11.6 Å². The minimum Gasteiger partial charge on any atom is -0.462 e. The van der Waals surface area contributed by atoms with E-state index in [1.807, 2.05) is 0 Å². The largest absolute Gasteiger partial charge is 0.462 e. The molecule has 2 saturated carbocycles. The first kappa shape index (κ1) is 11.9. The summed E-state index contributed by atoms with van der Waals surface area (Å²) in [7, 11) is 0. The highest BCUT2D eigenvalue weighted by atomic mass is 19.1. The number of ether oxygens (including phenoxy) is 1. The zero-order valence-corrected chi connectivity index (χ0v) is 10.7. The number of benzene rings is 1. The van der Waals surface area contributed by atoms with E-state index in [1.54, 1.807) is 0 Å². The Morgan fingerprint density at radius 1 is 1.25 bits per heavy atom. The molecular weight excluding hydrogens is 261 g/mol. The summed E-state index contributed by atoms with van der Waals surface area (Å²) in [6, 6.07) is 5.65. The van der Waals surface area contributed by atoms with E-state index in [0.29, 0.717) is 5.69 Å². The SMILES string of the molecule is O=C(Nc1ccc(F)cc1)[C@H]1[C@H]2C[C@@H]3[C@@H]1C(=O)O[C@@H]3C2. The third-order valence-electron chi connectivity index (χ3n) is 4.90. The van der Waals surface area contributed by atoms with Gasteiger partial charge in [-0.3, -0.25) is 9.59 Å². The van der Waals surface area contributed by atoms with Crippen LogP contribution in [0.4, 0.5) is 10.1 Å². The van der Waals surface area contributed by atoms with Crippen molar-refractivity contribution in [2.45, 2.75) is 18.9 Å². The minimum absolute atomic E-state index is 0.0346. The molecule has 2 aliphatic carbocycles. The molecule has 4 rings (SSSR count). The molecule has 0 radical (unpaired) electrons. The zero-order chi connectivity index (χ0) is 13.9. The Hall–Kier alpha value is -1.91. The van der Waals surface area contributed by atoms with E-state index in [2.05, 4.69) is 5.32 Å². The number of amides is 1. The zero-order valence-electron chi connectivity index (χ0n) is 10.7. The third-order valence-corrected chi connectivity index (χ3v) is 4.90. The molecule has 104 valence electrons. The third kappa shape index (κ3) is 1.58. The van der Waals surface area contributed by atoms with Crippen molar-refractivity contribution in [2.24, 2.45) is 23.7 Å². The van der Waals surface area contributed by atoms with Crippen LogP contribution >= 0.6 is 0 Å². The summed E-state index contributed by atoms with van der Waals surface area (Å²) in [4.78, 5) is 24.3. The number of carbonyl (C=O) groups excluding carboxylic acids is 2. The Kier molecular flexibility index (Phi) is 2.40. The number of fused-ring (bicyclic) bond motifs is 1. The molecule has 1 saturated heterocycles. The molecule has 4 nitrogen and oxygen atoms in total. The van der Waals surface area contributed by atoms with Crippen LogP contribution in [-0.4, -0.2) is 18.0 Å². The smallest absolute Gasteiger partial charge is 0.310 e. The average Bonchev–Trinajstić information content (AvgIpc) is 3.02. The molecule has 1 amide bonds. The number of hydrogen-bond donors (Lipinski definition) is 1. The van der Waals surface area contributed by atoms with Gasteiger partial charge in [-0.1, -0.05) is 0 Å². The van der Waals surface area contributed by atoms with E-state index in [-0.39, 0.29) is 47.5 Å². The van der Waals surface area contributed by atoms with E-state index in [9.17, 15) is 14.0 Å². The molecule has 3 fully saturated rings. The van der Waals surface area contributed by atoms with Crippen molar-refractivity contribution in [3.8, 4) is 0 Å². The summed E-state index contributed by atoms with van der Waals surface area (Å²) < 4.78 is 18.2. The van der Waals surface area contributed by atoms with Crippen molar-refractivity contribution in [3.05, 3.63) is 30.1 Å². The van der Waals surface area contributed by atoms with Crippen LogP contribution in [0, 0.1) is 29.5 Å². The summed E-state index contributed by atoms with van der Waals surface area (Å²) in [5.74, 6) is -0.829. The number of nitrogens with one attached hydrogen (secondary N) is 1. The lowest BCUT2D eigenvalue weighted by Crippen LogP contribution is -2.35. The predicted octanol–water partition coefficient (Wildman–Crippen LogP) is 1.96. The number of anilines is 1. The van der Waals surface area contributed by atoms with Gasteiger partial charge in [-0.2, -0.15) is 0 Å². The highest BCUT2D eigenvalue weighted by Crippen LogP contribution is 2.57. The van der Waals surface area contributed by atoms with Gasteiger partial charge in [-0.15, -0.1) is 0 Å². The first-order valence-electron chi connectivity index (χ1n) is 6.90. The van der Waals surface area contributed by atoms with Crippen LogP contribution in [0.2, 0.25) is 0 Å². The fraction of sp³-hybridized carbons (Fsp3) is 0.467. The van der Waals surface area contributed by atoms with Crippen LogP contribution in [0.15, 0.2) is 24.3 Å². The van der Waals surface area contributed by atoms with Crippen LogP contribution in [0.3, 0.4) is 0 Å². The number of rotatable bonds is 2. The van der Waals surface area contributed by atoms with E-state index in [1.165, 1.54) is 24.3 Å². The molecule has 5 heteroatoms. The fourth-order valence-electron chi connectivity index (χ4n) is 4.12. The van der Waals surface area contributed by atoms with Gasteiger partial charge in [-0.05, 0) is 43.0 Å². The van der Waals surface area contributed by atoms with Crippen LogP contribution in [0.5, 0.6) is 0 Å². The van der Waals surface area contributed by atoms with Crippen LogP contribution in [0.25, 0.3) is 0 Å². The molecule has 1 aromatic carbocycles. The van der Waals surface area contributed by atoms with E-state index < -0.39 is 0 Å². The summed E-state index contributed by atoms with van der Waals surface area (Å²) in [6.45, 7) is 0. The van der Waals surface area contributed by atoms with E-state index in [4.69, 9.17) is 4.74 Å². The monoisotopic (exact) mass is 275 g/mol. The molecule has 5 atom stereocenters. The van der Waals surface area contributed by atoms with Gasteiger partial charge in [0.25, 0.3) is 0 Å². The Balaban J connectivity index is 1.54. The second-order valence-electron chi connectivity index (χ2n) is 5.92. The molecule has 1 aromatic rings. The predicted molar refractivity (Wildman–Crippen MR) is 68.1 cm³/mol. The standard InChI is InChI=1S/C15H14FNO3/c16-8-1-3-9(4-2-8)17-14(18)12-7-5-10-11(6-7)20-15(19)13(10)12/h1-4,7,10-13H,5-6H2,(H,17,18)/t7-,10-,11+,12-,13-/m0/s1. The van der Waals surface area contributed by atoms with Crippen molar-refractivity contribution < 1.29 is 18.7 Å². The number of carbonyl (C=O) groups is 2. The molecule has 3 aliphatic rings. The van der Waals surface area contributed by atoms with Gasteiger partial charge in [0.1, 0.15) is 11.9 Å². The van der Waals surface area contributed by atoms with Crippen molar-refractivity contribution >= 4 is 17.6 Å². The van der Waals surface area contributed by atoms with Crippen LogP contribution in [0.1, 0.15) is 12.8 Å². The Morgan fingerprint density at radius 2 is 2.00 bits per heavy atom. The number of esters is 1. The Labute approximate surface area is 115 Å².